The highest BCUT2D eigenvalue weighted by molar-refractivity contribution is 6.31. The average molecular weight is 237 g/mol. The molecule has 0 aliphatic carbocycles. The minimum absolute atomic E-state index is 0.461. The van der Waals surface area contributed by atoms with Crippen molar-refractivity contribution in [2.45, 2.75) is 32.4 Å². The summed E-state index contributed by atoms with van der Waals surface area (Å²) in [7, 11) is 0. The summed E-state index contributed by atoms with van der Waals surface area (Å²) in [6.07, 6.45) is 1.93. The molecule has 16 heavy (non-hydrogen) atoms. The fraction of sp³-hybridized carbons (Fsp3) is 0.455. The SMILES string of the molecule is CC1CCc2c(N=[N+]=[N-])ccc(Cl)c2CN1. The molecule has 1 aromatic carbocycles. The Balaban J connectivity index is 2.50. The van der Waals surface area contributed by atoms with E-state index in [1.807, 2.05) is 0 Å². The molecular weight excluding hydrogens is 224 g/mol. The summed E-state index contributed by atoms with van der Waals surface area (Å²) in [6, 6.07) is 4.04. The molecule has 0 radical (unpaired) electrons. The Morgan fingerprint density at radius 2 is 2.31 bits per heavy atom. The molecule has 84 valence electrons. The van der Waals surface area contributed by atoms with E-state index in [-0.39, 0.29) is 0 Å². The van der Waals surface area contributed by atoms with Crippen LogP contribution in [0.1, 0.15) is 24.5 Å². The van der Waals surface area contributed by atoms with Gasteiger partial charge in [-0.05, 0) is 42.5 Å². The Hall–Kier alpha value is -1.22. The maximum atomic E-state index is 8.52. The number of hydrogen-bond donors (Lipinski definition) is 1. The van der Waals surface area contributed by atoms with Crippen molar-refractivity contribution in [1.29, 1.82) is 0 Å². The molecule has 1 heterocycles. The smallest absolute Gasteiger partial charge is 0.0453 e. The molecule has 0 saturated carbocycles. The highest BCUT2D eigenvalue weighted by Crippen LogP contribution is 2.32. The van der Waals surface area contributed by atoms with Gasteiger partial charge in [-0.1, -0.05) is 22.8 Å². The standard InChI is InChI=1S/C11H13ClN4/c1-7-2-3-8-9(6-14-7)10(12)4-5-11(8)15-16-13/h4-5,7,14H,2-3,6H2,1H3. The van der Waals surface area contributed by atoms with Gasteiger partial charge < -0.3 is 5.32 Å². The summed E-state index contributed by atoms with van der Waals surface area (Å²) in [4.78, 5) is 2.85. The summed E-state index contributed by atoms with van der Waals surface area (Å²) in [5.74, 6) is 0. The molecule has 0 saturated heterocycles. The molecule has 1 atom stereocenters. The Bertz CT molecular complexity index is 452. The van der Waals surface area contributed by atoms with Gasteiger partial charge in [0.15, 0.2) is 0 Å². The zero-order valence-corrected chi connectivity index (χ0v) is 9.83. The van der Waals surface area contributed by atoms with Gasteiger partial charge in [0, 0.05) is 28.2 Å². The lowest BCUT2D eigenvalue weighted by atomic mass is 10.0. The van der Waals surface area contributed by atoms with E-state index in [0.717, 1.165) is 35.5 Å². The predicted octanol–water partition coefficient (Wildman–Crippen LogP) is 3.71. The van der Waals surface area contributed by atoms with Crippen molar-refractivity contribution in [1.82, 2.24) is 5.32 Å². The second-order valence-corrected chi connectivity index (χ2v) is 4.44. The lowest BCUT2D eigenvalue weighted by molar-refractivity contribution is 0.534. The van der Waals surface area contributed by atoms with E-state index in [1.54, 1.807) is 12.1 Å². The molecule has 1 aliphatic heterocycles. The number of halogens is 1. The molecule has 5 heteroatoms. The highest BCUT2D eigenvalue weighted by Gasteiger charge is 2.16. The minimum Gasteiger partial charge on any atom is -0.310 e. The number of fused-ring (bicyclic) bond motifs is 1. The first-order chi connectivity index (χ1) is 7.72. The van der Waals surface area contributed by atoms with Crippen LogP contribution in [0.4, 0.5) is 5.69 Å². The number of nitrogens with one attached hydrogen (secondary N) is 1. The van der Waals surface area contributed by atoms with Crippen LogP contribution < -0.4 is 5.32 Å². The van der Waals surface area contributed by atoms with Crippen LogP contribution in [0.3, 0.4) is 0 Å². The Morgan fingerprint density at radius 3 is 3.06 bits per heavy atom. The van der Waals surface area contributed by atoms with Gasteiger partial charge in [0.25, 0.3) is 0 Å². The molecule has 0 spiro atoms. The Morgan fingerprint density at radius 1 is 1.50 bits per heavy atom. The predicted molar refractivity (Wildman–Crippen MR) is 64.9 cm³/mol. The first kappa shape index (κ1) is 11.3. The van der Waals surface area contributed by atoms with Crippen LogP contribution in [0.5, 0.6) is 0 Å². The molecule has 1 aromatic rings. The van der Waals surface area contributed by atoms with Crippen LogP contribution in [0.25, 0.3) is 10.4 Å². The van der Waals surface area contributed by atoms with Crippen molar-refractivity contribution in [2.75, 3.05) is 0 Å². The second kappa shape index (κ2) is 4.74. The lowest BCUT2D eigenvalue weighted by Gasteiger charge is -2.10. The van der Waals surface area contributed by atoms with Gasteiger partial charge >= 0.3 is 0 Å². The summed E-state index contributed by atoms with van der Waals surface area (Å²) in [5, 5.41) is 7.86. The lowest BCUT2D eigenvalue weighted by Crippen LogP contribution is -2.23. The molecule has 0 bridgehead atoms. The minimum atomic E-state index is 0.461. The summed E-state index contributed by atoms with van der Waals surface area (Å²) in [5.41, 5.74) is 11.4. The third kappa shape index (κ3) is 2.14. The van der Waals surface area contributed by atoms with E-state index < -0.39 is 0 Å². The number of azide groups is 1. The molecule has 1 N–H and O–H groups in total. The van der Waals surface area contributed by atoms with Gasteiger partial charge in [0.05, 0.1) is 0 Å². The molecule has 0 aromatic heterocycles. The summed E-state index contributed by atoms with van der Waals surface area (Å²) >= 11 is 6.16. The Kier molecular flexibility index (Phi) is 3.34. The normalized spacial score (nSPS) is 19.5. The highest BCUT2D eigenvalue weighted by atomic mass is 35.5. The Labute approximate surface area is 99.2 Å². The first-order valence-corrected chi connectivity index (χ1v) is 5.69. The van der Waals surface area contributed by atoms with E-state index >= 15 is 0 Å². The van der Waals surface area contributed by atoms with E-state index in [9.17, 15) is 0 Å². The quantitative estimate of drug-likeness (QED) is 0.451. The largest absolute Gasteiger partial charge is 0.310 e. The summed E-state index contributed by atoms with van der Waals surface area (Å²) in [6.45, 7) is 2.89. The molecule has 2 rings (SSSR count). The molecular formula is C11H13ClN4. The van der Waals surface area contributed by atoms with E-state index in [1.165, 1.54) is 0 Å². The fourth-order valence-corrected chi connectivity index (χ4v) is 2.25. The number of nitrogens with zero attached hydrogens (tertiary/aromatic N) is 3. The van der Waals surface area contributed by atoms with Crippen molar-refractivity contribution in [2.24, 2.45) is 5.11 Å². The van der Waals surface area contributed by atoms with Gasteiger partial charge in [0.1, 0.15) is 0 Å². The van der Waals surface area contributed by atoms with Crippen molar-refractivity contribution >= 4 is 17.3 Å². The van der Waals surface area contributed by atoms with Gasteiger partial charge in [-0.3, -0.25) is 0 Å². The number of benzene rings is 1. The second-order valence-electron chi connectivity index (χ2n) is 4.03. The van der Waals surface area contributed by atoms with Crippen LogP contribution >= 0.6 is 11.6 Å². The average Bonchev–Trinajstić information content (AvgIpc) is 2.46. The van der Waals surface area contributed by atoms with E-state index in [4.69, 9.17) is 17.1 Å². The fourth-order valence-electron chi connectivity index (χ4n) is 2.00. The van der Waals surface area contributed by atoms with Crippen LogP contribution in [0.15, 0.2) is 17.2 Å². The van der Waals surface area contributed by atoms with Gasteiger partial charge in [-0.15, -0.1) is 0 Å². The topological polar surface area (TPSA) is 60.8 Å². The van der Waals surface area contributed by atoms with Crippen LogP contribution in [-0.4, -0.2) is 6.04 Å². The zero-order valence-electron chi connectivity index (χ0n) is 9.07. The van der Waals surface area contributed by atoms with Crippen LogP contribution in [-0.2, 0) is 13.0 Å². The van der Waals surface area contributed by atoms with Crippen LogP contribution in [0.2, 0.25) is 5.02 Å². The van der Waals surface area contributed by atoms with E-state index in [2.05, 4.69) is 22.3 Å². The number of rotatable bonds is 1. The van der Waals surface area contributed by atoms with E-state index in [0.29, 0.717) is 11.7 Å². The summed E-state index contributed by atoms with van der Waals surface area (Å²) < 4.78 is 0. The molecule has 0 amide bonds. The van der Waals surface area contributed by atoms with Crippen molar-refractivity contribution in [3.8, 4) is 0 Å². The first-order valence-electron chi connectivity index (χ1n) is 5.31. The third-order valence-electron chi connectivity index (χ3n) is 2.96. The van der Waals surface area contributed by atoms with Gasteiger partial charge in [-0.2, -0.15) is 0 Å². The van der Waals surface area contributed by atoms with Crippen molar-refractivity contribution in [3.63, 3.8) is 0 Å². The molecule has 1 aliphatic rings. The zero-order chi connectivity index (χ0) is 11.5. The maximum absolute atomic E-state index is 8.52. The number of hydrogen-bond acceptors (Lipinski definition) is 2. The molecule has 0 fully saturated rings. The van der Waals surface area contributed by atoms with Gasteiger partial charge in [-0.25, -0.2) is 0 Å². The molecule has 4 nitrogen and oxygen atoms in total. The van der Waals surface area contributed by atoms with Gasteiger partial charge in [0.2, 0.25) is 0 Å². The molecule has 1 unspecified atom stereocenters. The maximum Gasteiger partial charge on any atom is 0.0453 e. The van der Waals surface area contributed by atoms with Crippen molar-refractivity contribution in [3.05, 3.63) is 38.7 Å². The van der Waals surface area contributed by atoms with Crippen LogP contribution in [0, 0.1) is 0 Å². The third-order valence-corrected chi connectivity index (χ3v) is 3.31. The monoisotopic (exact) mass is 236 g/mol. The van der Waals surface area contributed by atoms with Crippen molar-refractivity contribution < 1.29 is 0 Å².